The van der Waals surface area contributed by atoms with Gasteiger partial charge in [-0.1, -0.05) is 5.16 Å². The number of piperidine rings is 1. The van der Waals surface area contributed by atoms with Crippen molar-refractivity contribution in [2.45, 2.75) is 45.2 Å². The molecule has 2 aliphatic heterocycles. The summed E-state index contributed by atoms with van der Waals surface area (Å²) in [5.74, 6) is 1.23. The SMILES string of the molecule is Cc1onc(C(=O)NC2CCCN(c3ccc(=O)[nH]n3)C2)c1CN1CCCC1. The molecule has 2 aliphatic rings. The molecule has 28 heavy (non-hydrogen) atoms. The minimum atomic E-state index is -0.224. The van der Waals surface area contributed by atoms with E-state index in [1.165, 1.54) is 18.9 Å². The minimum absolute atomic E-state index is 0.00776. The van der Waals surface area contributed by atoms with Crippen molar-refractivity contribution in [3.63, 3.8) is 0 Å². The monoisotopic (exact) mass is 386 g/mol. The number of H-pyrrole nitrogens is 1. The molecule has 0 saturated carbocycles. The molecule has 9 nitrogen and oxygen atoms in total. The molecule has 0 aliphatic carbocycles. The summed E-state index contributed by atoms with van der Waals surface area (Å²) < 4.78 is 5.33. The zero-order valence-corrected chi connectivity index (χ0v) is 16.1. The molecule has 2 aromatic rings. The highest BCUT2D eigenvalue weighted by atomic mass is 16.5. The zero-order chi connectivity index (χ0) is 19.5. The number of aromatic amines is 1. The van der Waals surface area contributed by atoms with Crippen LogP contribution >= 0.6 is 0 Å². The Hall–Kier alpha value is -2.68. The number of nitrogens with one attached hydrogen (secondary N) is 2. The van der Waals surface area contributed by atoms with Crippen molar-refractivity contribution in [1.29, 1.82) is 0 Å². The Labute approximate surface area is 163 Å². The summed E-state index contributed by atoms with van der Waals surface area (Å²) in [5.41, 5.74) is 1.05. The van der Waals surface area contributed by atoms with Crippen molar-refractivity contribution >= 4 is 11.7 Å². The molecule has 2 saturated heterocycles. The first-order chi connectivity index (χ1) is 13.6. The van der Waals surface area contributed by atoms with Crippen LogP contribution < -0.4 is 15.8 Å². The highest BCUT2D eigenvalue weighted by Crippen LogP contribution is 2.21. The topological polar surface area (TPSA) is 107 Å². The summed E-state index contributed by atoms with van der Waals surface area (Å²) in [4.78, 5) is 28.5. The highest BCUT2D eigenvalue weighted by molar-refractivity contribution is 5.94. The molecule has 2 aromatic heterocycles. The van der Waals surface area contributed by atoms with E-state index in [-0.39, 0.29) is 17.5 Å². The normalized spacial score (nSPS) is 20.5. The molecular formula is C19H26N6O3. The van der Waals surface area contributed by atoms with Crippen molar-refractivity contribution in [3.8, 4) is 0 Å². The van der Waals surface area contributed by atoms with Crippen LogP contribution in [0, 0.1) is 6.92 Å². The van der Waals surface area contributed by atoms with Gasteiger partial charge in [-0.3, -0.25) is 14.5 Å². The lowest BCUT2D eigenvalue weighted by Crippen LogP contribution is -2.48. The van der Waals surface area contributed by atoms with E-state index >= 15 is 0 Å². The third kappa shape index (κ3) is 4.09. The quantitative estimate of drug-likeness (QED) is 0.791. The molecular weight excluding hydrogens is 360 g/mol. The Bertz CT molecular complexity index is 866. The molecule has 1 amide bonds. The van der Waals surface area contributed by atoms with Gasteiger partial charge in [0.1, 0.15) is 11.6 Å². The van der Waals surface area contributed by atoms with Crippen LogP contribution in [0.4, 0.5) is 5.82 Å². The molecule has 2 N–H and O–H groups in total. The summed E-state index contributed by atoms with van der Waals surface area (Å²) in [7, 11) is 0. The number of aromatic nitrogens is 3. The van der Waals surface area contributed by atoms with Gasteiger partial charge in [0.05, 0.1) is 0 Å². The predicted molar refractivity (Wildman–Crippen MR) is 103 cm³/mol. The zero-order valence-electron chi connectivity index (χ0n) is 16.1. The van der Waals surface area contributed by atoms with E-state index in [2.05, 4.69) is 30.5 Å². The summed E-state index contributed by atoms with van der Waals surface area (Å²) in [6.45, 7) is 6.15. The van der Waals surface area contributed by atoms with Crippen molar-refractivity contribution in [3.05, 3.63) is 39.5 Å². The number of hydrogen-bond acceptors (Lipinski definition) is 7. The third-order valence-corrected chi connectivity index (χ3v) is 5.53. The fourth-order valence-corrected chi connectivity index (χ4v) is 3.99. The number of likely N-dealkylation sites (tertiary alicyclic amines) is 1. The Kier molecular flexibility index (Phi) is 5.43. The molecule has 2 fully saturated rings. The molecule has 4 heterocycles. The first-order valence-corrected chi connectivity index (χ1v) is 9.89. The second-order valence-corrected chi connectivity index (χ2v) is 7.59. The van der Waals surface area contributed by atoms with Gasteiger partial charge in [-0.15, -0.1) is 0 Å². The van der Waals surface area contributed by atoms with Crippen molar-refractivity contribution < 1.29 is 9.32 Å². The van der Waals surface area contributed by atoms with E-state index < -0.39 is 0 Å². The molecule has 4 rings (SSSR count). The van der Waals surface area contributed by atoms with Crippen LogP contribution in [0.5, 0.6) is 0 Å². The average Bonchev–Trinajstić information content (AvgIpc) is 3.33. The van der Waals surface area contributed by atoms with Gasteiger partial charge in [0.25, 0.3) is 11.5 Å². The van der Waals surface area contributed by atoms with Crippen LogP contribution in [0.3, 0.4) is 0 Å². The number of anilines is 1. The lowest BCUT2D eigenvalue weighted by atomic mass is 10.0. The molecule has 0 bridgehead atoms. The Morgan fingerprint density at radius 2 is 2.11 bits per heavy atom. The number of carbonyl (C=O) groups is 1. The number of amides is 1. The van der Waals surface area contributed by atoms with E-state index in [0.717, 1.165) is 38.0 Å². The smallest absolute Gasteiger partial charge is 0.274 e. The maximum atomic E-state index is 12.9. The summed E-state index contributed by atoms with van der Waals surface area (Å²) in [6, 6.07) is 3.16. The van der Waals surface area contributed by atoms with Gasteiger partial charge in [0.15, 0.2) is 5.69 Å². The van der Waals surface area contributed by atoms with Crippen molar-refractivity contribution in [1.82, 2.24) is 25.6 Å². The second kappa shape index (κ2) is 8.14. The first-order valence-electron chi connectivity index (χ1n) is 9.89. The van der Waals surface area contributed by atoms with E-state index in [1.54, 1.807) is 6.07 Å². The van der Waals surface area contributed by atoms with E-state index in [1.807, 2.05) is 6.92 Å². The summed E-state index contributed by atoms with van der Waals surface area (Å²) in [5, 5.41) is 13.7. The van der Waals surface area contributed by atoms with Crippen LogP contribution in [-0.4, -0.2) is 58.4 Å². The lowest BCUT2D eigenvalue weighted by molar-refractivity contribution is 0.0922. The van der Waals surface area contributed by atoms with Crippen LogP contribution in [0.1, 0.15) is 47.5 Å². The largest absolute Gasteiger partial charge is 0.361 e. The Morgan fingerprint density at radius 3 is 2.86 bits per heavy atom. The molecule has 1 atom stereocenters. The Morgan fingerprint density at radius 1 is 1.29 bits per heavy atom. The van der Waals surface area contributed by atoms with Gasteiger partial charge >= 0.3 is 0 Å². The highest BCUT2D eigenvalue weighted by Gasteiger charge is 2.27. The van der Waals surface area contributed by atoms with Crippen LogP contribution in [-0.2, 0) is 6.54 Å². The third-order valence-electron chi connectivity index (χ3n) is 5.53. The van der Waals surface area contributed by atoms with Gasteiger partial charge < -0.3 is 14.7 Å². The molecule has 0 radical (unpaired) electrons. The Balaban J connectivity index is 1.42. The second-order valence-electron chi connectivity index (χ2n) is 7.59. The average molecular weight is 386 g/mol. The van der Waals surface area contributed by atoms with Crippen LogP contribution in [0.15, 0.2) is 21.5 Å². The summed E-state index contributed by atoms with van der Waals surface area (Å²) in [6.07, 6.45) is 4.22. The van der Waals surface area contributed by atoms with Gasteiger partial charge in [-0.25, -0.2) is 5.10 Å². The number of rotatable bonds is 5. The van der Waals surface area contributed by atoms with Crippen LogP contribution in [0.25, 0.3) is 0 Å². The number of carbonyl (C=O) groups excluding carboxylic acids is 1. The van der Waals surface area contributed by atoms with Gasteiger partial charge in [-0.05, 0) is 51.8 Å². The maximum absolute atomic E-state index is 12.9. The van der Waals surface area contributed by atoms with E-state index in [9.17, 15) is 9.59 Å². The predicted octanol–water partition coefficient (Wildman–Crippen LogP) is 1.06. The van der Waals surface area contributed by atoms with E-state index in [4.69, 9.17) is 4.52 Å². The van der Waals surface area contributed by atoms with Gasteiger partial charge in [0, 0.05) is 37.3 Å². The summed E-state index contributed by atoms with van der Waals surface area (Å²) >= 11 is 0. The minimum Gasteiger partial charge on any atom is -0.361 e. The number of nitrogens with zero attached hydrogens (tertiary/aromatic N) is 4. The van der Waals surface area contributed by atoms with Crippen LogP contribution in [0.2, 0.25) is 0 Å². The van der Waals surface area contributed by atoms with Crippen molar-refractivity contribution in [2.24, 2.45) is 0 Å². The van der Waals surface area contributed by atoms with Crippen molar-refractivity contribution in [2.75, 3.05) is 31.1 Å². The standard InChI is InChI=1S/C19H26N6O3/c1-13-15(12-24-8-2-3-9-24)18(23-28-13)19(27)20-14-5-4-10-25(11-14)16-6-7-17(26)22-21-16/h6-7,14H,2-5,8-12H2,1H3,(H,20,27)(H,22,26). The first kappa shape index (κ1) is 18.7. The maximum Gasteiger partial charge on any atom is 0.274 e. The molecule has 1 unspecified atom stereocenters. The molecule has 150 valence electrons. The van der Waals surface area contributed by atoms with Gasteiger partial charge in [0.2, 0.25) is 0 Å². The number of aryl methyl sites for hydroxylation is 1. The number of hydrogen-bond donors (Lipinski definition) is 2. The molecule has 0 spiro atoms. The fourth-order valence-electron chi connectivity index (χ4n) is 3.99. The fraction of sp³-hybridized carbons (Fsp3) is 0.579. The van der Waals surface area contributed by atoms with Gasteiger partial charge in [-0.2, -0.15) is 5.10 Å². The lowest BCUT2D eigenvalue weighted by Gasteiger charge is -2.33. The van der Waals surface area contributed by atoms with E-state index in [0.29, 0.717) is 30.4 Å². The molecule has 9 heteroatoms. The molecule has 0 aromatic carbocycles.